The van der Waals surface area contributed by atoms with Crippen LogP contribution in [0.3, 0.4) is 0 Å². The summed E-state index contributed by atoms with van der Waals surface area (Å²) in [6.45, 7) is 8.57. The van der Waals surface area contributed by atoms with Crippen LogP contribution in [0.15, 0.2) is 0 Å². The van der Waals surface area contributed by atoms with Gasteiger partial charge < -0.3 is 15.5 Å². The number of nitrogens with zero attached hydrogens (tertiary/aromatic N) is 3. The number of piperidine rings is 1. The van der Waals surface area contributed by atoms with Crippen LogP contribution in [0.5, 0.6) is 0 Å². The highest BCUT2D eigenvalue weighted by atomic mass is 16.2. The van der Waals surface area contributed by atoms with Gasteiger partial charge in [-0.15, -0.1) is 0 Å². The smallest absolute Gasteiger partial charge is 0.236 e. The quantitative estimate of drug-likeness (QED) is 0.730. The number of nitrogens with two attached hydrogens (primary N) is 1. The average Bonchev–Trinajstić information content (AvgIpc) is 2.37. The maximum absolute atomic E-state index is 12.3. The van der Waals surface area contributed by atoms with E-state index in [0.29, 0.717) is 38.6 Å². The molecule has 0 bridgehead atoms. The summed E-state index contributed by atoms with van der Waals surface area (Å²) in [4.78, 5) is 29.4. The molecule has 2 heterocycles. The number of carbonyl (C=O) groups excluding carboxylic acids is 2. The highest BCUT2D eigenvalue weighted by molar-refractivity contribution is 5.79. The molecule has 114 valence electrons. The predicted molar refractivity (Wildman–Crippen MR) is 77.0 cm³/mol. The van der Waals surface area contributed by atoms with Gasteiger partial charge >= 0.3 is 0 Å². The molecule has 2 N–H and O–H groups in total. The summed E-state index contributed by atoms with van der Waals surface area (Å²) in [6.07, 6.45) is 1.04. The van der Waals surface area contributed by atoms with Gasteiger partial charge in [0.1, 0.15) is 0 Å². The van der Waals surface area contributed by atoms with Crippen molar-refractivity contribution >= 4 is 11.8 Å². The SMILES string of the molecule is CC(=O)N1CCN(C(=O)CN2CC(C)CC(N)C2)CC1. The first-order valence-corrected chi connectivity index (χ1v) is 7.47. The minimum atomic E-state index is 0.0907. The van der Waals surface area contributed by atoms with Crippen LogP contribution in [0, 0.1) is 5.92 Å². The molecule has 20 heavy (non-hydrogen) atoms. The van der Waals surface area contributed by atoms with E-state index in [2.05, 4.69) is 11.8 Å². The van der Waals surface area contributed by atoms with Gasteiger partial charge in [-0.3, -0.25) is 14.5 Å². The van der Waals surface area contributed by atoms with Gasteiger partial charge in [-0.2, -0.15) is 0 Å². The zero-order chi connectivity index (χ0) is 14.7. The van der Waals surface area contributed by atoms with Crippen LogP contribution >= 0.6 is 0 Å². The third-order valence-corrected chi connectivity index (χ3v) is 4.20. The second-order valence-electron chi connectivity index (χ2n) is 6.18. The van der Waals surface area contributed by atoms with Crippen molar-refractivity contribution in [1.29, 1.82) is 0 Å². The first-order chi connectivity index (χ1) is 9.45. The maximum Gasteiger partial charge on any atom is 0.236 e. The molecule has 6 heteroatoms. The van der Waals surface area contributed by atoms with Crippen molar-refractivity contribution < 1.29 is 9.59 Å². The fourth-order valence-electron chi connectivity index (χ4n) is 3.20. The summed E-state index contributed by atoms with van der Waals surface area (Å²) in [5.74, 6) is 0.809. The van der Waals surface area contributed by atoms with Gasteiger partial charge in [-0.25, -0.2) is 0 Å². The molecule has 0 spiro atoms. The monoisotopic (exact) mass is 282 g/mol. The van der Waals surface area contributed by atoms with E-state index in [9.17, 15) is 9.59 Å². The number of amides is 2. The summed E-state index contributed by atoms with van der Waals surface area (Å²) < 4.78 is 0. The molecule has 2 aliphatic heterocycles. The summed E-state index contributed by atoms with van der Waals surface area (Å²) in [5, 5.41) is 0. The van der Waals surface area contributed by atoms with Crippen molar-refractivity contribution in [2.75, 3.05) is 45.8 Å². The van der Waals surface area contributed by atoms with Crippen molar-refractivity contribution in [3.63, 3.8) is 0 Å². The first-order valence-electron chi connectivity index (χ1n) is 7.47. The van der Waals surface area contributed by atoms with Crippen LogP contribution < -0.4 is 5.73 Å². The molecule has 2 amide bonds. The molecule has 2 rings (SSSR count). The average molecular weight is 282 g/mol. The van der Waals surface area contributed by atoms with Gasteiger partial charge in [-0.1, -0.05) is 6.92 Å². The lowest BCUT2D eigenvalue weighted by molar-refractivity contribution is -0.139. The standard InChI is InChI=1S/C14H26N4O2/c1-11-7-13(15)9-16(8-11)10-14(20)18-5-3-17(4-6-18)12(2)19/h11,13H,3-10,15H2,1-2H3. The van der Waals surface area contributed by atoms with Crippen molar-refractivity contribution in [2.24, 2.45) is 11.7 Å². The molecule has 0 aromatic rings. The van der Waals surface area contributed by atoms with E-state index in [1.54, 1.807) is 11.8 Å². The van der Waals surface area contributed by atoms with Crippen LogP contribution in [-0.2, 0) is 9.59 Å². The molecular weight excluding hydrogens is 256 g/mol. The van der Waals surface area contributed by atoms with E-state index < -0.39 is 0 Å². The van der Waals surface area contributed by atoms with Gasteiger partial charge in [0.15, 0.2) is 0 Å². The van der Waals surface area contributed by atoms with E-state index in [0.717, 1.165) is 19.5 Å². The normalized spacial score (nSPS) is 28.6. The highest BCUT2D eigenvalue weighted by Crippen LogP contribution is 2.15. The molecule has 6 nitrogen and oxygen atoms in total. The lowest BCUT2D eigenvalue weighted by Crippen LogP contribution is -2.54. The molecule has 2 fully saturated rings. The molecule has 0 saturated carbocycles. The number of hydrogen-bond acceptors (Lipinski definition) is 4. The lowest BCUT2D eigenvalue weighted by atomic mass is 9.96. The van der Waals surface area contributed by atoms with E-state index >= 15 is 0 Å². The highest BCUT2D eigenvalue weighted by Gasteiger charge is 2.27. The Bertz CT molecular complexity index is 356. The summed E-state index contributed by atoms with van der Waals surface area (Å²) >= 11 is 0. The number of piperazine rings is 1. The zero-order valence-corrected chi connectivity index (χ0v) is 12.5. The Labute approximate surface area is 120 Å². The second-order valence-corrected chi connectivity index (χ2v) is 6.18. The van der Waals surface area contributed by atoms with Gasteiger partial charge in [0.05, 0.1) is 6.54 Å². The molecular formula is C14H26N4O2. The Balaban J connectivity index is 1.79. The van der Waals surface area contributed by atoms with E-state index in [-0.39, 0.29) is 17.9 Å². The second kappa shape index (κ2) is 6.54. The summed E-state index contributed by atoms with van der Waals surface area (Å²) in [7, 11) is 0. The van der Waals surface area contributed by atoms with Crippen LogP contribution in [-0.4, -0.2) is 78.4 Å². The van der Waals surface area contributed by atoms with Gasteiger partial charge in [0.2, 0.25) is 11.8 Å². The Morgan fingerprint density at radius 1 is 1.10 bits per heavy atom. The molecule has 0 aromatic carbocycles. The Morgan fingerprint density at radius 3 is 2.25 bits per heavy atom. The van der Waals surface area contributed by atoms with Crippen molar-refractivity contribution in [1.82, 2.24) is 14.7 Å². The van der Waals surface area contributed by atoms with Crippen molar-refractivity contribution in [3.8, 4) is 0 Å². The van der Waals surface area contributed by atoms with E-state index in [1.807, 2.05) is 4.90 Å². The topological polar surface area (TPSA) is 69.9 Å². The number of carbonyl (C=O) groups is 2. The maximum atomic E-state index is 12.3. The fourth-order valence-corrected chi connectivity index (χ4v) is 3.20. The van der Waals surface area contributed by atoms with E-state index in [1.165, 1.54) is 0 Å². The van der Waals surface area contributed by atoms with Gasteiger partial charge in [-0.05, 0) is 12.3 Å². The predicted octanol–water partition coefficient (Wildman–Crippen LogP) is -0.654. The molecule has 2 saturated heterocycles. The Morgan fingerprint density at radius 2 is 1.70 bits per heavy atom. The number of likely N-dealkylation sites (tertiary alicyclic amines) is 1. The van der Waals surface area contributed by atoms with Crippen molar-refractivity contribution in [3.05, 3.63) is 0 Å². The molecule has 0 aliphatic carbocycles. The van der Waals surface area contributed by atoms with Gasteiger partial charge in [0.25, 0.3) is 0 Å². The zero-order valence-electron chi connectivity index (χ0n) is 12.5. The molecule has 0 radical (unpaired) electrons. The lowest BCUT2D eigenvalue weighted by Gasteiger charge is -2.38. The third kappa shape index (κ3) is 3.93. The summed E-state index contributed by atoms with van der Waals surface area (Å²) in [5.41, 5.74) is 6.01. The minimum Gasteiger partial charge on any atom is -0.339 e. The molecule has 2 unspecified atom stereocenters. The number of hydrogen-bond donors (Lipinski definition) is 1. The van der Waals surface area contributed by atoms with Crippen LogP contribution in [0.1, 0.15) is 20.3 Å². The largest absolute Gasteiger partial charge is 0.339 e. The third-order valence-electron chi connectivity index (χ3n) is 4.20. The van der Waals surface area contributed by atoms with Crippen LogP contribution in [0.2, 0.25) is 0 Å². The fraction of sp³-hybridized carbons (Fsp3) is 0.857. The molecule has 2 aliphatic rings. The first kappa shape index (κ1) is 15.3. The molecule has 0 aromatic heterocycles. The minimum absolute atomic E-state index is 0.0907. The number of rotatable bonds is 2. The molecule has 2 atom stereocenters. The van der Waals surface area contributed by atoms with Crippen molar-refractivity contribution in [2.45, 2.75) is 26.3 Å². The van der Waals surface area contributed by atoms with Gasteiger partial charge in [0, 0.05) is 52.2 Å². The Kier molecular flexibility index (Phi) is 4.99. The van der Waals surface area contributed by atoms with Crippen LogP contribution in [0.4, 0.5) is 0 Å². The Hall–Kier alpha value is -1.14. The van der Waals surface area contributed by atoms with E-state index in [4.69, 9.17) is 5.73 Å². The van der Waals surface area contributed by atoms with Crippen LogP contribution in [0.25, 0.3) is 0 Å². The summed E-state index contributed by atoms with van der Waals surface area (Å²) in [6, 6.07) is 0.182.